The summed E-state index contributed by atoms with van der Waals surface area (Å²) >= 11 is 3.39. The average molecular weight is 516 g/mol. The van der Waals surface area contributed by atoms with Gasteiger partial charge in [-0.2, -0.15) is 5.10 Å². The minimum absolute atomic E-state index is 0.278. The number of halogens is 1. The summed E-state index contributed by atoms with van der Waals surface area (Å²) in [5.74, 6) is 0.641. The smallest absolute Gasteiger partial charge is 0.283 e. The van der Waals surface area contributed by atoms with E-state index >= 15 is 0 Å². The minimum Gasteiger partial charge on any atom is -0.380 e. The highest BCUT2D eigenvalue weighted by Crippen LogP contribution is 2.61. The molecule has 2 aromatic rings. The van der Waals surface area contributed by atoms with Crippen LogP contribution >= 0.6 is 15.9 Å². The summed E-state index contributed by atoms with van der Waals surface area (Å²) in [6, 6.07) is 8.01. The lowest BCUT2D eigenvalue weighted by Crippen LogP contribution is -2.58. The van der Waals surface area contributed by atoms with Gasteiger partial charge in [-0.1, -0.05) is 51.1 Å². The first-order valence-corrected chi connectivity index (χ1v) is 12.0. The topological polar surface area (TPSA) is 119 Å². The Morgan fingerprint density at radius 3 is 2.58 bits per heavy atom. The lowest BCUT2D eigenvalue weighted by Gasteiger charge is -2.62. The molecule has 0 radical (unpaired) electrons. The molecule has 5 atom stereocenters. The van der Waals surface area contributed by atoms with Crippen molar-refractivity contribution in [2.24, 2.45) is 28.9 Å². The third-order valence-electron chi connectivity index (χ3n) is 7.70. The van der Waals surface area contributed by atoms with Crippen LogP contribution in [0.3, 0.4) is 0 Å². The van der Waals surface area contributed by atoms with Crippen LogP contribution in [-0.2, 0) is 16.1 Å². The molecule has 3 saturated carbocycles. The summed E-state index contributed by atoms with van der Waals surface area (Å²) in [4.78, 5) is 37.3. The molecule has 2 bridgehead atoms. The van der Waals surface area contributed by atoms with E-state index in [4.69, 9.17) is 5.73 Å². The molecule has 5 rings (SSSR count). The molecule has 9 heteroatoms. The second-order valence-electron chi connectivity index (χ2n) is 9.85. The SMILES string of the molecule is C[C@H]1[C@H](Nc2cnn(CC(=O)NC(C(N)=O)c3ccccc3)c(=O)c2Br)C[C@H]2C[C@@H]1C2(C)C. The van der Waals surface area contributed by atoms with Crippen LogP contribution in [0.1, 0.15) is 45.2 Å². The van der Waals surface area contributed by atoms with Crippen molar-refractivity contribution in [2.75, 3.05) is 5.32 Å². The lowest BCUT2D eigenvalue weighted by atomic mass is 9.45. The third-order valence-corrected chi connectivity index (χ3v) is 8.46. The molecule has 1 aromatic heterocycles. The highest BCUT2D eigenvalue weighted by atomic mass is 79.9. The highest BCUT2D eigenvalue weighted by molar-refractivity contribution is 9.10. The molecule has 33 heavy (non-hydrogen) atoms. The predicted octanol–water partition coefficient (Wildman–Crippen LogP) is 2.83. The number of anilines is 1. The first-order valence-electron chi connectivity index (χ1n) is 11.3. The van der Waals surface area contributed by atoms with E-state index in [-0.39, 0.29) is 12.6 Å². The van der Waals surface area contributed by atoms with Gasteiger partial charge < -0.3 is 16.4 Å². The van der Waals surface area contributed by atoms with Gasteiger partial charge in [0, 0.05) is 6.04 Å². The summed E-state index contributed by atoms with van der Waals surface area (Å²) in [5.41, 5.74) is 6.63. The Hall–Kier alpha value is -2.68. The number of nitrogens with two attached hydrogens (primary N) is 1. The number of primary amides is 1. The number of nitrogens with one attached hydrogen (secondary N) is 2. The Kier molecular flexibility index (Phi) is 6.35. The fraction of sp³-hybridized carbons (Fsp3) is 0.500. The van der Waals surface area contributed by atoms with Gasteiger partial charge in [-0.15, -0.1) is 0 Å². The Balaban J connectivity index is 1.44. The molecule has 0 aliphatic heterocycles. The molecule has 8 nitrogen and oxygen atoms in total. The van der Waals surface area contributed by atoms with Gasteiger partial charge in [0.1, 0.15) is 17.1 Å². The summed E-state index contributed by atoms with van der Waals surface area (Å²) < 4.78 is 1.41. The number of carbonyl (C=O) groups excluding carboxylic acids is 2. The monoisotopic (exact) mass is 515 g/mol. The molecule has 3 aliphatic rings. The third kappa shape index (κ3) is 4.43. The van der Waals surface area contributed by atoms with Gasteiger partial charge >= 0.3 is 0 Å². The number of amides is 2. The molecule has 3 aliphatic carbocycles. The number of aromatic nitrogens is 2. The summed E-state index contributed by atoms with van der Waals surface area (Å²) in [5, 5.41) is 10.3. The minimum atomic E-state index is -0.984. The van der Waals surface area contributed by atoms with Crippen LogP contribution in [0.4, 0.5) is 5.69 Å². The van der Waals surface area contributed by atoms with Crippen molar-refractivity contribution in [2.45, 2.75) is 52.2 Å². The van der Waals surface area contributed by atoms with Crippen LogP contribution in [0, 0.1) is 23.2 Å². The summed E-state index contributed by atoms with van der Waals surface area (Å²) in [6.45, 7) is 6.65. The number of nitrogens with zero attached hydrogens (tertiary/aromatic N) is 2. The van der Waals surface area contributed by atoms with Crippen LogP contribution in [0.25, 0.3) is 0 Å². The first kappa shape index (κ1) is 23.5. The fourth-order valence-electron chi connectivity index (χ4n) is 5.53. The van der Waals surface area contributed by atoms with Crippen molar-refractivity contribution in [3.8, 4) is 0 Å². The second kappa shape index (κ2) is 8.93. The normalized spacial score (nSPS) is 26.1. The number of fused-ring (bicyclic) bond motifs is 2. The average Bonchev–Trinajstić information content (AvgIpc) is 2.78. The zero-order chi connectivity index (χ0) is 23.9. The van der Waals surface area contributed by atoms with Gasteiger partial charge in [0.2, 0.25) is 11.8 Å². The van der Waals surface area contributed by atoms with Crippen molar-refractivity contribution in [3.63, 3.8) is 0 Å². The van der Waals surface area contributed by atoms with Crippen molar-refractivity contribution in [1.82, 2.24) is 15.1 Å². The molecule has 1 aromatic carbocycles. The van der Waals surface area contributed by atoms with E-state index in [1.807, 2.05) is 0 Å². The maximum absolute atomic E-state index is 12.9. The van der Waals surface area contributed by atoms with Gasteiger partial charge in [-0.25, -0.2) is 4.68 Å². The number of benzene rings is 1. The van der Waals surface area contributed by atoms with E-state index < -0.39 is 23.4 Å². The van der Waals surface area contributed by atoms with E-state index in [0.717, 1.165) is 11.1 Å². The molecule has 1 heterocycles. The molecular weight excluding hydrogens is 486 g/mol. The zero-order valence-electron chi connectivity index (χ0n) is 19.0. The lowest BCUT2D eigenvalue weighted by molar-refractivity contribution is -0.128. The molecular formula is C24H30BrN5O3. The quantitative estimate of drug-likeness (QED) is 0.523. The van der Waals surface area contributed by atoms with E-state index in [0.29, 0.717) is 38.9 Å². The first-order chi connectivity index (χ1) is 15.6. The van der Waals surface area contributed by atoms with E-state index in [1.165, 1.54) is 6.42 Å². The predicted molar refractivity (Wildman–Crippen MR) is 129 cm³/mol. The number of rotatable bonds is 7. The Morgan fingerprint density at radius 2 is 1.97 bits per heavy atom. The van der Waals surface area contributed by atoms with Crippen molar-refractivity contribution in [1.29, 1.82) is 0 Å². The van der Waals surface area contributed by atoms with Crippen molar-refractivity contribution < 1.29 is 9.59 Å². The summed E-state index contributed by atoms with van der Waals surface area (Å²) in [6.07, 6.45) is 3.91. The van der Waals surface area contributed by atoms with Gasteiger partial charge in [0.25, 0.3) is 5.56 Å². The molecule has 176 valence electrons. The van der Waals surface area contributed by atoms with Gasteiger partial charge in [-0.05, 0) is 57.5 Å². The molecule has 4 N–H and O–H groups in total. The van der Waals surface area contributed by atoms with Crippen molar-refractivity contribution in [3.05, 3.63) is 56.9 Å². The molecule has 0 saturated heterocycles. The van der Waals surface area contributed by atoms with Crippen LogP contribution < -0.4 is 21.9 Å². The van der Waals surface area contributed by atoms with Crippen LogP contribution in [-0.4, -0.2) is 27.6 Å². The Morgan fingerprint density at radius 1 is 1.27 bits per heavy atom. The van der Waals surface area contributed by atoms with Crippen LogP contribution in [0.15, 0.2) is 45.8 Å². The second-order valence-corrected chi connectivity index (χ2v) is 10.6. The van der Waals surface area contributed by atoms with Crippen LogP contribution in [0.2, 0.25) is 0 Å². The maximum atomic E-state index is 12.9. The number of carbonyl (C=O) groups is 2. The Bertz CT molecular complexity index is 1120. The van der Waals surface area contributed by atoms with Crippen molar-refractivity contribution >= 4 is 33.4 Å². The van der Waals surface area contributed by atoms with Crippen LogP contribution in [0.5, 0.6) is 0 Å². The van der Waals surface area contributed by atoms with Gasteiger partial charge in [-0.3, -0.25) is 14.4 Å². The molecule has 0 spiro atoms. The van der Waals surface area contributed by atoms with Gasteiger partial charge in [0.15, 0.2) is 0 Å². The maximum Gasteiger partial charge on any atom is 0.283 e. The Labute approximate surface area is 201 Å². The van der Waals surface area contributed by atoms with Gasteiger partial charge in [0.05, 0.1) is 11.9 Å². The molecule has 1 unspecified atom stereocenters. The molecule has 3 fully saturated rings. The van der Waals surface area contributed by atoms with E-state index in [2.05, 4.69) is 52.4 Å². The number of hydrogen-bond acceptors (Lipinski definition) is 5. The summed E-state index contributed by atoms with van der Waals surface area (Å²) in [7, 11) is 0. The molecule has 2 amide bonds. The van der Waals surface area contributed by atoms with E-state index in [1.54, 1.807) is 36.5 Å². The fourth-order valence-corrected chi connectivity index (χ4v) is 5.95. The zero-order valence-corrected chi connectivity index (χ0v) is 20.6. The standard InChI is InChI=1S/C24H30BrN5O3/c1-13-16-9-15(24(16,2)3)10-17(13)28-18-11-27-30(23(33)20(18)25)12-19(31)29-21(22(26)32)14-7-5-4-6-8-14/h4-8,11,13,15-17,21,28H,9-10,12H2,1-3H3,(H2,26,32)(H,29,31)/t13-,15-,16+,17-,21?/m1/s1. The number of hydrogen-bond donors (Lipinski definition) is 3. The van der Waals surface area contributed by atoms with E-state index in [9.17, 15) is 14.4 Å². The largest absolute Gasteiger partial charge is 0.380 e. The highest BCUT2D eigenvalue weighted by Gasteiger charge is 2.56.